The number of hydrogen-bond acceptors (Lipinski definition) is 7. The number of anilines is 1. The molecule has 192 valence electrons. The molecule has 0 amide bonds. The first-order valence-electron chi connectivity index (χ1n) is 11.2. The van der Waals surface area contributed by atoms with Gasteiger partial charge in [0.25, 0.3) is 10.0 Å². The Hall–Kier alpha value is -4.64. The number of benzene rings is 3. The maximum Gasteiger partial charge on any atom is 0.263 e. The lowest BCUT2D eigenvalue weighted by molar-refractivity contribution is 0.413. The summed E-state index contributed by atoms with van der Waals surface area (Å²) in [4.78, 5) is 12.3. The molecular weight excluding hydrogens is 514 g/mol. The Morgan fingerprint density at radius 2 is 1.68 bits per heavy atom. The normalized spacial score (nSPS) is 11.4. The quantitative estimate of drug-likeness (QED) is 0.296. The molecule has 5 rings (SSSR count). The minimum absolute atomic E-state index is 0.00621. The van der Waals surface area contributed by atoms with E-state index in [-0.39, 0.29) is 22.0 Å². The molecule has 5 aromatic rings. The second-order valence-electron chi connectivity index (χ2n) is 8.10. The first-order valence-corrected chi connectivity index (χ1v) is 12.7. The van der Waals surface area contributed by atoms with Gasteiger partial charge in [0.2, 0.25) is 0 Å². The zero-order valence-electron chi connectivity index (χ0n) is 20.1. The standard InChI is InChI=1S/C27H20F2N4O4S/c1-36-23-13-16(19-4-3-5-22(28)25(19)29)6-8-21(23)26-20-9-7-18(12-17(20)10-11-31-26)38(34,35)33-27-24(37-2)14-30-15-32-27/h3-15H,1-2H3,(H,30,32,33). The van der Waals surface area contributed by atoms with Crippen molar-refractivity contribution in [1.82, 2.24) is 15.0 Å². The molecule has 2 heterocycles. The average Bonchev–Trinajstić information content (AvgIpc) is 2.93. The van der Waals surface area contributed by atoms with Crippen molar-refractivity contribution in [3.63, 3.8) is 0 Å². The summed E-state index contributed by atoms with van der Waals surface area (Å²) in [5, 5.41) is 1.27. The third-order valence-electron chi connectivity index (χ3n) is 5.90. The van der Waals surface area contributed by atoms with E-state index in [2.05, 4.69) is 19.7 Å². The van der Waals surface area contributed by atoms with Crippen LogP contribution in [0.5, 0.6) is 11.5 Å². The van der Waals surface area contributed by atoms with Gasteiger partial charge in [-0.15, -0.1) is 0 Å². The summed E-state index contributed by atoms with van der Waals surface area (Å²) in [6.07, 6.45) is 4.11. The van der Waals surface area contributed by atoms with E-state index in [0.717, 1.165) is 6.07 Å². The summed E-state index contributed by atoms with van der Waals surface area (Å²) < 4.78 is 67.4. The zero-order valence-corrected chi connectivity index (χ0v) is 21.0. The van der Waals surface area contributed by atoms with Crippen LogP contribution in [0, 0.1) is 11.6 Å². The second-order valence-corrected chi connectivity index (χ2v) is 9.79. The van der Waals surface area contributed by atoms with Gasteiger partial charge in [-0.05, 0) is 47.3 Å². The first-order chi connectivity index (χ1) is 18.3. The van der Waals surface area contributed by atoms with Gasteiger partial charge in [0.15, 0.2) is 23.2 Å². The fourth-order valence-electron chi connectivity index (χ4n) is 4.05. The third kappa shape index (κ3) is 4.59. The van der Waals surface area contributed by atoms with E-state index in [0.29, 0.717) is 33.3 Å². The van der Waals surface area contributed by atoms with Gasteiger partial charge in [-0.25, -0.2) is 27.2 Å². The molecule has 1 N–H and O–H groups in total. The number of halogens is 2. The second kappa shape index (κ2) is 10.0. The molecule has 0 aliphatic heterocycles. The van der Waals surface area contributed by atoms with Gasteiger partial charge in [-0.2, -0.15) is 0 Å². The number of rotatable bonds is 7. The van der Waals surface area contributed by atoms with Crippen LogP contribution in [0.1, 0.15) is 0 Å². The molecule has 38 heavy (non-hydrogen) atoms. The van der Waals surface area contributed by atoms with Gasteiger partial charge < -0.3 is 9.47 Å². The van der Waals surface area contributed by atoms with Crippen LogP contribution in [0.3, 0.4) is 0 Å². The van der Waals surface area contributed by atoms with Crippen LogP contribution >= 0.6 is 0 Å². The topological polar surface area (TPSA) is 103 Å². The maximum atomic E-state index is 14.4. The highest BCUT2D eigenvalue weighted by Gasteiger charge is 2.20. The molecule has 8 nitrogen and oxygen atoms in total. The lowest BCUT2D eigenvalue weighted by Gasteiger charge is -2.14. The molecule has 2 aromatic heterocycles. The van der Waals surface area contributed by atoms with Crippen LogP contribution in [0.4, 0.5) is 14.6 Å². The van der Waals surface area contributed by atoms with Gasteiger partial charge in [0.1, 0.15) is 12.1 Å². The predicted molar refractivity (Wildman–Crippen MR) is 138 cm³/mol. The van der Waals surface area contributed by atoms with Crippen LogP contribution in [0.15, 0.2) is 84.3 Å². The van der Waals surface area contributed by atoms with Crippen molar-refractivity contribution in [2.24, 2.45) is 0 Å². The van der Waals surface area contributed by atoms with Crippen LogP contribution in [0.2, 0.25) is 0 Å². The molecule has 0 saturated carbocycles. The van der Waals surface area contributed by atoms with Gasteiger partial charge in [-0.1, -0.05) is 24.3 Å². The summed E-state index contributed by atoms with van der Waals surface area (Å²) in [6.45, 7) is 0. The molecule has 0 atom stereocenters. The molecule has 0 fully saturated rings. The van der Waals surface area contributed by atoms with Gasteiger partial charge >= 0.3 is 0 Å². The minimum atomic E-state index is -4.00. The number of nitrogens with zero attached hydrogens (tertiary/aromatic N) is 3. The maximum absolute atomic E-state index is 14.4. The molecule has 3 aromatic carbocycles. The number of aromatic nitrogens is 3. The van der Waals surface area contributed by atoms with Gasteiger partial charge in [0.05, 0.1) is 31.0 Å². The predicted octanol–water partition coefficient (Wildman–Crippen LogP) is 5.46. The Morgan fingerprint density at radius 3 is 2.47 bits per heavy atom. The van der Waals surface area contributed by atoms with Crippen molar-refractivity contribution in [2.45, 2.75) is 4.90 Å². The average molecular weight is 535 g/mol. The number of sulfonamides is 1. The highest BCUT2D eigenvalue weighted by molar-refractivity contribution is 7.92. The zero-order chi connectivity index (χ0) is 26.9. The minimum Gasteiger partial charge on any atom is -0.496 e. The summed E-state index contributed by atoms with van der Waals surface area (Å²) in [5.41, 5.74) is 1.66. The SMILES string of the molecule is COc1cc(-c2cccc(F)c2F)ccc1-c1nccc2cc(S(=O)(=O)Nc3ncncc3OC)ccc12. The Kier molecular flexibility index (Phi) is 6.60. The fraction of sp³-hybridized carbons (Fsp3) is 0.0741. The molecule has 11 heteroatoms. The van der Waals surface area contributed by atoms with Gasteiger partial charge in [0, 0.05) is 22.7 Å². The van der Waals surface area contributed by atoms with E-state index >= 15 is 0 Å². The third-order valence-corrected chi connectivity index (χ3v) is 7.23. The number of pyridine rings is 1. The van der Waals surface area contributed by atoms with Crippen LogP contribution in [-0.2, 0) is 10.0 Å². The summed E-state index contributed by atoms with van der Waals surface area (Å²) >= 11 is 0. The van der Waals surface area contributed by atoms with E-state index in [1.165, 1.54) is 51.0 Å². The Bertz CT molecular complexity index is 1780. The number of nitrogens with one attached hydrogen (secondary N) is 1. The molecule has 0 spiro atoms. The lowest BCUT2D eigenvalue weighted by Crippen LogP contribution is -2.14. The molecule has 0 bridgehead atoms. The van der Waals surface area contributed by atoms with Crippen molar-refractivity contribution in [2.75, 3.05) is 18.9 Å². The van der Waals surface area contributed by atoms with Gasteiger partial charge in [-0.3, -0.25) is 9.71 Å². The van der Waals surface area contributed by atoms with E-state index in [4.69, 9.17) is 9.47 Å². The van der Waals surface area contributed by atoms with E-state index in [1.54, 1.807) is 36.5 Å². The van der Waals surface area contributed by atoms with Crippen molar-refractivity contribution in [3.05, 3.63) is 91.0 Å². The van der Waals surface area contributed by atoms with E-state index < -0.39 is 21.7 Å². The van der Waals surface area contributed by atoms with Crippen LogP contribution < -0.4 is 14.2 Å². The van der Waals surface area contributed by atoms with Crippen molar-refractivity contribution in [3.8, 4) is 33.9 Å². The molecule has 0 radical (unpaired) electrons. The van der Waals surface area contributed by atoms with E-state index in [1.807, 2.05) is 0 Å². The van der Waals surface area contributed by atoms with E-state index in [9.17, 15) is 17.2 Å². The molecule has 0 unspecified atom stereocenters. The van der Waals surface area contributed by atoms with Crippen LogP contribution in [0.25, 0.3) is 33.2 Å². The Morgan fingerprint density at radius 1 is 0.868 bits per heavy atom. The van der Waals surface area contributed by atoms with Crippen molar-refractivity contribution < 1.29 is 26.7 Å². The lowest BCUT2D eigenvalue weighted by atomic mass is 9.98. The highest BCUT2D eigenvalue weighted by Crippen LogP contribution is 2.38. The van der Waals surface area contributed by atoms with Crippen LogP contribution in [-0.4, -0.2) is 37.6 Å². The molecule has 0 saturated heterocycles. The molecule has 0 aliphatic rings. The number of ether oxygens (including phenoxy) is 2. The Balaban J connectivity index is 1.55. The highest BCUT2D eigenvalue weighted by atomic mass is 32.2. The largest absolute Gasteiger partial charge is 0.496 e. The number of fused-ring (bicyclic) bond motifs is 1. The monoisotopic (exact) mass is 534 g/mol. The fourth-order valence-corrected chi connectivity index (χ4v) is 5.10. The number of methoxy groups -OCH3 is 2. The first kappa shape index (κ1) is 25.0. The molecular formula is C27H20F2N4O4S. The van der Waals surface area contributed by atoms with Crippen molar-refractivity contribution in [1.29, 1.82) is 0 Å². The number of hydrogen-bond donors (Lipinski definition) is 1. The summed E-state index contributed by atoms with van der Waals surface area (Å²) in [5.74, 6) is -1.32. The smallest absolute Gasteiger partial charge is 0.263 e. The van der Waals surface area contributed by atoms with Crippen molar-refractivity contribution >= 4 is 26.6 Å². The molecule has 0 aliphatic carbocycles. The Labute approximate surface area is 217 Å². The summed E-state index contributed by atoms with van der Waals surface area (Å²) in [6, 6.07) is 15.2. The summed E-state index contributed by atoms with van der Waals surface area (Å²) in [7, 11) is -1.15.